The number of aliphatic carboxylic acids is 1. The third-order valence-electron chi connectivity index (χ3n) is 3.00. The van der Waals surface area contributed by atoms with Crippen molar-refractivity contribution in [3.63, 3.8) is 0 Å². The highest BCUT2D eigenvalue weighted by molar-refractivity contribution is 5.75. The Morgan fingerprint density at radius 1 is 1.47 bits per heavy atom. The Hall–Kier alpha value is -1.42. The van der Waals surface area contributed by atoms with Crippen LogP contribution in [-0.2, 0) is 14.9 Å². The van der Waals surface area contributed by atoms with Crippen LogP contribution in [0.4, 0.5) is 4.39 Å². The van der Waals surface area contributed by atoms with E-state index in [1.54, 1.807) is 26.8 Å². The number of rotatable bonds is 4. The van der Waals surface area contributed by atoms with E-state index in [-0.39, 0.29) is 5.82 Å². The standard InChI is InChI=1S/C13H17FO3/c1-8-7-9(14)5-6-10(8)13(2,3)11(17-4)12(15)16/h5-7,11H,1-4H3,(H,15,16). The molecule has 1 unspecified atom stereocenters. The number of hydrogen-bond donors (Lipinski definition) is 1. The zero-order valence-electron chi connectivity index (χ0n) is 10.5. The smallest absolute Gasteiger partial charge is 0.333 e. The first kappa shape index (κ1) is 13.6. The van der Waals surface area contributed by atoms with Crippen LogP contribution in [0.15, 0.2) is 18.2 Å². The molecular weight excluding hydrogens is 223 g/mol. The van der Waals surface area contributed by atoms with Gasteiger partial charge in [0, 0.05) is 12.5 Å². The second kappa shape index (κ2) is 4.84. The van der Waals surface area contributed by atoms with Gasteiger partial charge >= 0.3 is 5.97 Å². The first-order valence-corrected chi connectivity index (χ1v) is 5.33. The van der Waals surface area contributed by atoms with Crippen LogP contribution in [0.5, 0.6) is 0 Å². The van der Waals surface area contributed by atoms with Gasteiger partial charge in [-0.05, 0) is 30.2 Å². The van der Waals surface area contributed by atoms with E-state index in [1.807, 2.05) is 0 Å². The van der Waals surface area contributed by atoms with Gasteiger partial charge in [0.1, 0.15) is 5.82 Å². The highest BCUT2D eigenvalue weighted by Gasteiger charge is 2.37. The van der Waals surface area contributed by atoms with Crippen molar-refractivity contribution in [2.24, 2.45) is 0 Å². The molecule has 0 saturated carbocycles. The van der Waals surface area contributed by atoms with E-state index < -0.39 is 17.5 Å². The fourth-order valence-electron chi connectivity index (χ4n) is 2.20. The molecule has 0 heterocycles. The number of halogens is 1. The Bertz CT molecular complexity index is 427. The first-order chi connectivity index (χ1) is 7.80. The Morgan fingerprint density at radius 3 is 2.47 bits per heavy atom. The molecule has 1 N–H and O–H groups in total. The Labute approximate surface area is 100 Å². The van der Waals surface area contributed by atoms with Crippen molar-refractivity contribution in [2.45, 2.75) is 32.3 Å². The second-order valence-electron chi connectivity index (χ2n) is 4.63. The van der Waals surface area contributed by atoms with Gasteiger partial charge in [0.2, 0.25) is 0 Å². The van der Waals surface area contributed by atoms with E-state index in [1.165, 1.54) is 19.2 Å². The number of ether oxygens (including phenoxy) is 1. The molecule has 0 aliphatic heterocycles. The number of hydrogen-bond acceptors (Lipinski definition) is 2. The molecule has 0 fully saturated rings. The average molecular weight is 240 g/mol. The van der Waals surface area contributed by atoms with Crippen molar-refractivity contribution in [3.8, 4) is 0 Å². The summed E-state index contributed by atoms with van der Waals surface area (Å²) in [5.74, 6) is -1.35. The molecule has 0 saturated heterocycles. The van der Waals surface area contributed by atoms with E-state index in [4.69, 9.17) is 9.84 Å². The van der Waals surface area contributed by atoms with Crippen LogP contribution in [0.25, 0.3) is 0 Å². The summed E-state index contributed by atoms with van der Waals surface area (Å²) in [6.07, 6.45) is -0.966. The van der Waals surface area contributed by atoms with Gasteiger partial charge in [0.15, 0.2) is 6.10 Å². The Morgan fingerprint density at radius 2 is 2.06 bits per heavy atom. The Balaban J connectivity index is 3.24. The molecule has 0 radical (unpaired) electrons. The SMILES string of the molecule is COC(C(=O)O)C(C)(C)c1ccc(F)cc1C. The maximum absolute atomic E-state index is 13.0. The fraction of sp³-hybridized carbons (Fsp3) is 0.462. The summed E-state index contributed by atoms with van der Waals surface area (Å²) in [6, 6.07) is 4.34. The number of aryl methyl sites for hydroxylation is 1. The number of carboxylic acid groups (broad SMARTS) is 1. The van der Waals surface area contributed by atoms with Crippen LogP contribution in [0.2, 0.25) is 0 Å². The van der Waals surface area contributed by atoms with Crippen molar-refractivity contribution in [1.82, 2.24) is 0 Å². The van der Waals surface area contributed by atoms with Gasteiger partial charge in [0.05, 0.1) is 0 Å². The molecule has 0 spiro atoms. The molecule has 1 rings (SSSR count). The molecule has 4 heteroatoms. The normalized spacial score (nSPS) is 13.5. The average Bonchev–Trinajstić information content (AvgIpc) is 2.16. The number of carbonyl (C=O) groups is 1. The maximum Gasteiger partial charge on any atom is 0.333 e. The molecule has 17 heavy (non-hydrogen) atoms. The minimum absolute atomic E-state index is 0.327. The minimum atomic E-state index is -1.03. The topological polar surface area (TPSA) is 46.5 Å². The van der Waals surface area contributed by atoms with Gasteiger partial charge in [-0.1, -0.05) is 19.9 Å². The molecule has 1 aromatic carbocycles. The van der Waals surface area contributed by atoms with E-state index in [0.29, 0.717) is 0 Å². The highest BCUT2D eigenvalue weighted by Crippen LogP contribution is 2.31. The van der Waals surface area contributed by atoms with Crippen molar-refractivity contribution in [1.29, 1.82) is 0 Å². The number of benzene rings is 1. The molecule has 0 aromatic heterocycles. The van der Waals surface area contributed by atoms with Crippen LogP contribution >= 0.6 is 0 Å². The molecule has 0 aliphatic carbocycles. The summed E-state index contributed by atoms with van der Waals surface area (Å²) >= 11 is 0. The van der Waals surface area contributed by atoms with Crippen LogP contribution in [-0.4, -0.2) is 24.3 Å². The third kappa shape index (κ3) is 2.64. The highest BCUT2D eigenvalue weighted by atomic mass is 19.1. The van der Waals surface area contributed by atoms with Gasteiger partial charge in [-0.3, -0.25) is 0 Å². The zero-order chi connectivity index (χ0) is 13.2. The fourth-order valence-corrected chi connectivity index (χ4v) is 2.20. The van der Waals surface area contributed by atoms with Crippen molar-refractivity contribution in [3.05, 3.63) is 35.1 Å². The molecule has 0 amide bonds. The van der Waals surface area contributed by atoms with E-state index >= 15 is 0 Å². The number of methoxy groups -OCH3 is 1. The van der Waals surface area contributed by atoms with Crippen LogP contribution in [0.3, 0.4) is 0 Å². The molecule has 1 aromatic rings. The van der Waals surface area contributed by atoms with Crippen molar-refractivity contribution >= 4 is 5.97 Å². The Kier molecular flexibility index (Phi) is 3.88. The van der Waals surface area contributed by atoms with E-state index in [0.717, 1.165) is 11.1 Å². The van der Waals surface area contributed by atoms with Gasteiger partial charge in [-0.15, -0.1) is 0 Å². The van der Waals surface area contributed by atoms with Crippen molar-refractivity contribution < 1.29 is 19.0 Å². The van der Waals surface area contributed by atoms with Crippen LogP contribution < -0.4 is 0 Å². The molecule has 1 atom stereocenters. The third-order valence-corrected chi connectivity index (χ3v) is 3.00. The summed E-state index contributed by atoms with van der Waals surface area (Å²) in [5, 5.41) is 9.12. The molecule has 0 bridgehead atoms. The lowest BCUT2D eigenvalue weighted by atomic mass is 9.77. The summed E-state index contributed by atoms with van der Waals surface area (Å²) in [5.41, 5.74) is 0.768. The summed E-state index contributed by atoms with van der Waals surface area (Å²) in [4.78, 5) is 11.1. The lowest BCUT2D eigenvalue weighted by Gasteiger charge is -2.32. The van der Waals surface area contributed by atoms with Gasteiger partial charge in [-0.2, -0.15) is 0 Å². The molecule has 3 nitrogen and oxygen atoms in total. The molecule has 94 valence electrons. The lowest BCUT2D eigenvalue weighted by Crippen LogP contribution is -2.41. The van der Waals surface area contributed by atoms with Crippen LogP contribution in [0, 0.1) is 12.7 Å². The monoisotopic (exact) mass is 240 g/mol. The zero-order valence-corrected chi connectivity index (χ0v) is 10.5. The van der Waals surface area contributed by atoms with Crippen LogP contribution in [0.1, 0.15) is 25.0 Å². The van der Waals surface area contributed by atoms with Gasteiger partial charge < -0.3 is 9.84 Å². The number of carboxylic acids is 1. The maximum atomic E-state index is 13.0. The van der Waals surface area contributed by atoms with E-state index in [2.05, 4.69) is 0 Å². The summed E-state index contributed by atoms with van der Waals surface area (Å²) in [7, 11) is 1.36. The quantitative estimate of drug-likeness (QED) is 0.879. The summed E-state index contributed by atoms with van der Waals surface area (Å²) in [6.45, 7) is 5.31. The predicted molar refractivity (Wildman–Crippen MR) is 62.6 cm³/mol. The van der Waals surface area contributed by atoms with E-state index in [9.17, 15) is 9.18 Å². The second-order valence-corrected chi connectivity index (χ2v) is 4.63. The molecule has 0 aliphatic rings. The molecular formula is C13H17FO3. The minimum Gasteiger partial charge on any atom is -0.479 e. The predicted octanol–water partition coefficient (Wildman–Crippen LogP) is 2.51. The first-order valence-electron chi connectivity index (χ1n) is 5.33. The van der Waals surface area contributed by atoms with Gasteiger partial charge in [-0.25, -0.2) is 9.18 Å². The lowest BCUT2D eigenvalue weighted by molar-refractivity contribution is -0.152. The van der Waals surface area contributed by atoms with Crippen molar-refractivity contribution in [2.75, 3.05) is 7.11 Å². The largest absolute Gasteiger partial charge is 0.479 e. The summed E-state index contributed by atoms with van der Waals surface area (Å²) < 4.78 is 18.1. The van der Waals surface area contributed by atoms with Gasteiger partial charge in [0.25, 0.3) is 0 Å².